The predicted molar refractivity (Wildman–Crippen MR) is 134 cm³/mol. The second-order valence-electron chi connectivity index (χ2n) is 8.08. The molecule has 0 aliphatic heterocycles. The van der Waals surface area contributed by atoms with Crippen LogP contribution in [0.5, 0.6) is 0 Å². The zero-order valence-electron chi connectivity index (χ0n) is 17.3. The minimum atomic E-state index is -1.46. The van der Waals surface area contributed by atoms with Gasteiger partial charge in [0, 0.05) is 16.5 Å². The van der Waals surface area contributed by atoms with Gasteiger partial charge in [-0.3, -0.25) is 0 Å². The Morgan fingerprint density at radius 2 is 1.25 bits per heavy atom. The van der Waals surface area contributed by atoms with Crippen molar-refractivity contribution in [1.82, 2.24) is 4.57 Å². The van der Waals surface area contributed by atoms with E-state index < -0.39 is 7.12 Å². The molecule has 4 heteroatoms. The maximum atomic E-state index is 9.41. The number of rotatable bonds is 3. The second-order valence-corrected chi connectivity index (χ2v) is 8.08. The molecule has 0 saturated heterocycles. The van der Waals surface area contributed by atoms with Crippen LogP contribution in [-0.2, 0) is 0 Å². The van der Waals surface area contributed by atoms with Crippen molar-refractivity contribution in [2.24, 2.45) is 0 Å². The normalized spacial score (nSPS) is 11.4. The standard InChI is InChI=1S/C28H20BNO2/c31-29(32)22-14-10-19(11-15-22)21-13-16-26-25(18-21)28-24-9-5-4-6-20(24)12-17-27(28)30(26)23-7-2-1-3-8-23/h1-18,31-32H. The summed E-state index contributed by atoms with van der Waals surface area (Å²) in [7, 11) is -1.46. The minimum Gasteiger partial charge on any atom is -0.423 e. The summed E-state index contributed by atoms with van der Waals surface area (Å²) in [6, 6.07) is 37.3. The van der Waals surface area contributed by atoms with Gasteiger partial charge in [0.25, 0.3) is 0 Å². The van der Waals surface area contributed by atoms with Gasteiger partial charge in [-0.05, 0) is 57.7 Å². The maximum absolute atomic E-state index is 9.41. The van der Waals surface area contributed by atoms with Crippen LogP contribution in [0.25, 0.3) is 49.4 Å². The molecule has 6 rings (SSSR count). The SMILES string of the molecule is OB(O)c1ccc(-c2ccc3c(c2)c2c4ccccc4ccc2n3-c2ccccc2)cc1. The van der Waals surface area contributed by atoms with Crippen molar-refractivity contribution in [2.45, 2.75) is 0 Å². The van der Waals surface area contributed by atoms with Crippen LogP contribution < -0.4 is 5.46 Å². The Bertz CT molecular complexity index is 1590. The molecule has 152 valence electrons. The van der Waals surface area contributed by atoms with E-state index in [1.165, 1.54) is 27.1 Å². The first-order chi connectivity index (χ1) is 15.7. The van der Waals surface area contributed by atoms with E-state index in [1.807, 2.05) is 18.2 Å². The zero-order valence-corrected chi connectivity index (χ0v) is 17.3. The van der Waals surface area contributed by atoms with Crippen molar-refractivity contribution in [2.75, 3.05) is 0 Å². The molecular weight excluding hydrogens is 393 g/mol. The fraction of sp³-hybridized carbons (Fsp3) is 0. The first kappa shape index (κ1) is 18.9. The summed E-state index contributed by atoms with van der Waals surface area (Å²) in [5.74, 6) is 0. The van der Waals surface area contributed by atoms with Crippen molar-refractivity contribution in [3.8, 4) is 16.8 Å². The van der Waals surface area contributed by atoms with E-state index in [2.05, 4.69) is 83.4 Å². The molecule has 0 fully saturated rings. The number of hydrogen-bond donors (Lipinski definition) is 2. The topological polar surface area (TPSA) is 45.4 Å². The number of nitrogens with zero attached hydrogens (tertiary/aromatic N) is 1. The van der Waals surface area contributed by atoms with E-state index in [0.29, 0.717) is 5.46 Å². The van der Waals surface area contributed by atoms with Crippen LogP contribution in [0.15, 0.2) is 109 Å². The van der Waals surface area contributed by atoms with Gasteiger partial charge in [-0.2, -0.15) is 0 Å². The van der Waals surface area contributed by atoms with E-state index in [9.17, 15) is 10.0 Å². The summed E-state index contributed by atoms with van der Waals surface area (Å²) >= 11 is 0. The van der Waals surface area contributed by atoms with Crippen LogP contribution in [0.2, 0.25) is 0 Å². The summed E-state index contributed by atoms with van der Waals surface area (Å²) in [4.78, 5) is 0. The number of aromatic nitrogens is 1. The Morgan fingerprint density at radius 1 is 0.562 bits per heavy atom. The van der Waals surface area contributed by atoms with Gasteiger partial charge < -0.3 is 14.6 Å². The average molecular weight is 413 g/mol. The lowest BCUT2D eigenvalue weighted by Gasteiger charge is -2.08. The summed E-state index contributed by atoms with van der Waals surface area (Å²) in [6.45, 7) is 0. The van der Waals surface area contributed by atoms with Crippen LogP contribution in [0.4, 0.5) is 0 Å². The van der Waals surface area contributed by atoms with E-state index in [-0.39, 0.29) is 0 Å². The second kappa shape index (κ2) is 7.38. The van der Waals surface area contributed by atoms with Gasteiger partial charge in [-0.15, -0.1) is 0 Å². The minimum absolute atomic E-state index is 0.488. The van der Waals surface area contributed by atoms with Gasteiger partial charge in [-0.25, -0.2) is 0 Å². The number of fused-ring (bicyclic) bond motifs is 5. The fourth-order valence-corrected chi connectivity index (χ4v) is 4.67. The third-order valence-corrected chi connectivity index (χ3v) is 6.21. The van der Waals surface area contributed by atoms with Gasteiger partial charge in [0.15, 0.2) is 0 Å². The van der Waals surface area contributed by atoms with E-state index >= 15 is 0 Å². The summed E-state index contributed by atoms with van der Waals surface area (Å²) in [5, 5.41) is 23.7. The number of para-hydroxylation sites is 1. The molecule has 2 N–H and O–H groups in total. The Labute approximate surface area is 185 Å². The van der Waals surface area contributed by atoms with Crippen LogP contribution >= 0.6 is 0 Å². The molecule has 0 atom stereocenters. The predicted octanol–water partition coefficient (Wildman–Crippen LogP) is 5.28. The molecule has 0 bridgehead atoms. The average Bonchev–Trinajstić information content (AvgIpc) is 3.18. The first-order valence-electron chi connectivity index (χ1n) is 10.7. The highest BCUT2D eigenvalue weighted by molar-refractivity contribution is 6.58. The molecule has 0 unspecified atom stereocenters. The molecule has 5 aromatic carbocycles. The van der Waals surface area contributed by atoms with Gasteiger partial charge in [-0.1, -0.05) is 78.9 Å². The van der Waals surface area contributed by atoms with E-state index in [0.717, 1.165) is 22.3 Å². The van der Waals surface area contributed by atoms with Crippen molar-refractivity contribution < 1.29 is 10.0 Å². The monoisotopic (exact) mass is 413 g/mol. The first-order valence-corrected chi connectivity index (χ1v) is 10.7. The van der Waals surface area contributed by atoms with E-state index in [4.69, 9.17) is 0 Å². The largest absolute Gasteiger partial charge is 0.488 e. The van der Waals surface area contributed by atoms with Gasteiger partial charge in [0.1, 0.15) is 0 Å². The lowest BCUT2D eigenvalue weighted by Crippen LogP contribution is -2.29. The molecule has 1 aromatic heterocycles. The van der Waals surface area contributed by atoms with Crippen LogP contribution in [-0.4, -0.2) is 21.7 Å². The molecule has 1 heterocycles. The molecule has 32 heavy (non-hydrogen) atoms. The Balaban J connectivity index is 1.68. The molecule has 3 nitrogen and oxygen atoms in total. The van der Waals surface area contributed by atoms with Crippen LogP contribution in [0.3, 0.4) is 0 Å². The molecule has 0 saturated carbocycles. The van der Waals surface area contributed by atoms with E-state index in [1.54, 1.807) is 12.1 Å². The smallest absolute Gasteiger partial charge is 0.423 e. The van der Waals surface area contributed by atoms with Gasteiger partial charge >= 0.3 is 7.12 Å². The van der Waals surface area contributed by atoms with Gasteiger partial charge in [0.05, 0.1) is 11.0 Å². The quantitative estimate of drug-likeness (QED) is 0.388. The number of hydrogen-bond acceptors (Lipinski definition) is 2. The zero-order chi connectivity index (χ0) is 21.7. The highest BCUT2D eigenvalue weighted by atomic mass is 16.4. The Morgan fingerprint density at radius 3 is 2.03 bits per heavy atom. The highest BCUT2D eigenvalue weighted by Gasteiger charge is 2.16. The third-order valence-electron chi connectivity index (χ3n) is 6.21. The van der Waals surface area contributed by atoms with Crippen molar-refractivity contribution in [3.05, 3.63) is 109 Å². The summed E-state index contributed by atoms with van der Waals surface area (Å²) < 4.78 is 2.33. The fourth-order valence-electron chi connectivity index (χ4n) is 4.67. The summed E-state index contributed by atoms with van der Waals surface area (Å²) in [5.41, 5.74) is 6.10. The lowest BCUT2D eigenvalue weighted by molar-refractivity contribution is 0.426. The lowest BCUT2D eigenvalue weighted by atomic mass is 9.80. The molecule has 0 spiro atoms. The molecule has 0 aliphatic rings. The van der Waals surface area contributed by atoms with Gasteiger partial charge in [0.2, 0.25) is 0 Å². The molecular formula is C28H20BNO2. The van der Waals surface area contributed by atoms with Crippen molar-refractivity contribution >= 4 is 45.2 Å². The Hall–Kier alpha value is -3.86. The summed E-state index contributed by atoms with van der Waals surface area (Å²) in [6.07, 6.45) is 0. The highest BCUT2D eigenvalue weighted by Crippen LogP contribution is 2.38. The van der Waals surface area contributed by atoms with Crippen molar-refractivity contribution in [3.63, 3.8) is 0 Å². The molecule has 0 amide bonds. The molecule has 0 aliphatic carbocycles. The maximum Gasteiger partial charge on any atom is 0.488 e. The molecule has 6 aromatic rings. The third kappa shape index (κ3) is 2.93. The van der Waals surface area contributed by atoms with Crippen LogP contribution in [0, 0.1) is 0 Å². The molecule has 0 radical (unpaired) electrons. The van der Waals surface area contributed by atoms with Crippen molar-refractivity contribution in [1.29, 1.82) is 0 Å². The number of benzene rings is 5. The Kier molecular flexibility index (Phi) is 4.35. The van der Waals surface area contributed by atoms with Crippen LogP contribution in [0.1, 0.15) is 0 Å².